The second-order valence-electron chi connectivity index (χ2n) is 8.17. The van der Waals surface area contributed by atoms with Crippen LogP contribution >= 0.6 is 11.8 Å². The summed E-state index contributed by atoms with van der Waals surface area (Å²) < 4.78 is 27.0. The third kappa shape index (κ3) is 7.30. The van der Waals surface area contributed by atoms with Crippen LogP contribution < -0.4 is 5.32 Å². The highest BCUT2D eigenvalue weighted by molar-refractivity contribution is 7.99. The number of hydrogen-bond acceptors (Lipinski definition) is 4. The van der Waals surface area contributed by atoms with E-state index in [2.05, 4.69) is 5.32 Å². The lowest BCUT2D eigenvalue weighted by atomic mass is 9.99. The first-order chi connectivity index (χ1) is 14.0. The number of rotatable bonds is 10. The molecule has 1 saturated carbocycles. The number of amides is 1. The van der Waals surface area contributed by atoms with Crippen molar-refractivity contribution >= 4 is 27.7 Å². The van der Waals surface area contributed by atoms with Crippen molar-refractivity contribution in [1.29, 1.82) is 0 Å². The molecule has 1 atom stereocenters. The average Bonchev–Trinajstić information content (AvgIpc) is 3.25. The van der Waals surface area contributed by atoms with Gasteiger partial charge in [0.1, 0.15) is 0 Å². The van der Waals surface area contributed by atoms with Gasteiger partial charge in [-0.25, -0.2) is 12.7 Å². The van der Waals surface area contributed by atoms with Crippen molar-refractivity contribution in [3.05, 3.63) is 35.9 Å². The first-order valence-electron chi connectivity index (χ1n) is 11.0. The minimum Gasteiger partial charge on any atom is -0.355 e. The molecule has 1 amide bonds. The third-order valence-corrected chi connectivity index (χ3v) is 9.22. The predicted octanol–water partition coefficient (Wildman–Crippen LogP) is 3.45. The van der Waals surface area contributed by atoms with E-state index >= 15 is 0 Å². The van der Waals surface area contributed by atoms with E-state index in [0.717, 1.165) is 35.8 Å². The molecule has 0 bridgehead atoms. The van der Waals surface area contributed by atoms with Gasteiger partial charge >= 0.3 is 0 Å². The Morgan fingerprint density at radius 1 is 1.10 bits per heavy atom. The number of nitrogens with zero attached hydrogens (tertiary/aromatic N) is 1. The van der Waals surface area contributed by atoms with Crippen molar-refractivity contribution < 1.29 is 13.2 Å². The van der Waals surface area contributed by atoms with Crippen LogP contribution in [0.1, 0.15) is 50.5 Å². The van der Waals surface area contributed by atoms with Crippen LogP contribution in [0.3, 0.4) is 0 Å². The van der Waals surface area contributed by atoms with Crippen molar-refractivity contribution in [2.75, 3.05) is 31.1 Å². The molecule has 162 valence electrons. The van der Waals surface area contributed by atoms with Crippen LogP contribution in [-0.2, 0) is 21.2 Å². The first kappa shape index (κ1) is 22.6. The van der Waals surface area contributed by atoms with Gasteiger partial charge in [-0.2, -0.15) is 11.8 Å². The zero-order valence-corrected chi connectivity index (χ0v) is 18.9. The lowest BCUT2D eigenvalue weighted by Crippen LogP contribution is -2.46. The van der Waals surface area contributed by atoms with Crippen LogP contribution in [0.4, 0.5) is 0 Å². The average molecular weight is 439 g/mol. The fraction of sp³-hybridized carbons (Fsp3) is 0.682. The van der Waals surface area contributed by atoms with Gasteiger partial charge in [-0.1, -0.05) is 43.2 Å². The number of nitrogens with one attached hydrogen (secondary N) is 1. The largest absolute Gasteiger partial charge is 0.355 e. The number of sulfonamides is 1. The predicted molar refractivity (Wildman–Crippen MR) is 121 cm³/mol. The van der Waals surface area contributed by atoms with E-state index in [1.807, 2.05) is 42.1 Å². The maximum Gasteiger partial charge on any atom is 0.224 e. The van der Waals surface area contributed by atoms with Crippen LogP contribution in [-0.4, -0.2) is 55.0 Å². The Morgan fingerprint density at radius 3 is 2.62 bits per heavy atom. The fourth-order valence-electron chi connectivity index (χ4n) is 4.24. The second kappa shape index (κ2) is 11.4. The Balaban J connectivity index is 1.39. The number of benzene rings is 1. The van der Waals surface area contributed by atoms with E-state index < -0.39 is 10.0 Å². The molecule has 0 aromatic heterocycles. The molecule has 1 saturated heterocycles. The molecule has 1 aromatic carbocycles. The number of thioether (sulfide) groups is 1. The molecule has 1 N–H and O–H groups in total. The maximum atomic E-state index is 12.7. The smallest absolute Gasteiger partial charge is 0.224 e. The number of piperidine rings is 1. The summed E-state index contributed by atoms with van der Waals surface area (Å²) >= 11 is 1.96. The highest BCUT2D eigenvalue weighted by atomic mass is 32.2. The van der Waals surface area contributed by atoms with Crippen molar-refractivity contribution in [2.24, 2.45) is 5.92 Å². The zero-order valence-electron chi connectivity index (χ0n) is 17.2. The van der Waals surface area contributed by atoms with E-state index in [4.69, 9.17) is 0 Å². The van der Waals surface area contributed by atoms with E-state index in [-0.39, 0.29) is 17.6 Å². The molecule has 7 heteroatoms. The first-order valence-corrected chi connectivity index (χ1v) is 13.6. The van der Waals surface area contributed by atoms with Crippen molar-refractivity contribution in [3.63, 3.8) is 0 Å². The monoisotopic (exact) mass is 438 g/mol. The van der Waals surface area contributed by atoms with Gasteiger partial charge in [-0.05, 0) is 44.1 Å². The number of carbonyl (C=O) groups is 1. The molecular weight excluding hydrogens is 404 g/mol. The molecule has 2 aliphatic rings. The molecule has 5 nitrogen and oxygen atoms in total. The van der Waals surface area contributed by atoms with Gasteiger partial charge in [0.05, 0.1) is 11.7 Å². The minimum absolute atomic E-state index is 0.0150. The zero-order chi connectivity index (χ0) is 20.5. The molecule has 0 spiro atoms. The molecular formula is C22H34N2O3S2. The molecule has 1 aromatic rings. The SMILES string of the molecule is O=C(NCCSC1CCCC1)[C@H]1CCCN(S(=O)(=O)CCCc2ccccc2)C1. The van der Waals surface area contributed by atoms with E-state index in [1.165, 1.54) is 25.7 Å². The van der Waals surface area contributed by atoms with Gasteiger partial charge in [-0.15, -0.1) is 0 Å². The summed E-state index contributed by atoms with van der Waals surface area (Å²) in [6.07, 6.45) is 8.18. The van der Waals surface area contributed by atoms with Crippen LogP contribution in [0.25, 0.3) is 0 Å². The standard InChI is InChI=1S/C22H34N2O3S2/c25-22(23-14-16-28-21-12-4-5-13-21)20-11-6-15-24(18-20)29(26,27)17-7-10-19-8-2-1-3-9-19/h1-3,8-9,20-21H,4-7,10-18H2,(H,23,25)/t20-/m0/s1. The van der Waals surface area contributed by atoms with Crippen molar-refractivity contribution in [1.82, 2.24) is 9.62 Å². The van der Waals surface area contributed by atoms with Gasteiger partial charge in [0.15, 0.2) is 0 Å². The molecule has 29 heavy (non-hydrogen) atoms. The van der Waals surface area contributed by atoms with Gasteiger partial charge in [0, 0.05) is 30.6 Å². The lowest BCUT2D eigenvalue weighted by Gasteiger charge is -2.31. The molecule has 0 radical (unpaired) electrons. The molecule has 1 heterocycles. The summed E-state index contributed by atoms with van der Waals surface area (Å²) in [6.45, 7) is 1.55. The van der Waals surface area contributed by atoms with Gasteiger partial charge in [0.25, 0.3) is 0 Å². The summed E-state index contributed by atoms with van der Waals surface area (Å²) in [5.41, 5.74) is 1.16. The summed E-state index contributed by atoms with van der Waals surface area (Å²) in [4.78, 5) is 12.5. The highest BCUT2D eigenvalue weighted by Crippen LogP contribution is 2.29. The van der Waals surface area contributed by atoms with E-state index in [0.29, 0.717) is 26.1 Å². The van der Waals surface area contributed by atoms with Gasteiger partial charge in [-0.3, -0.25) is 4.79 Å². The highest BCUT2D eigenvalue weighted by Gasteiger charge is 2.31. The van der Waals surface area contributed by atoms with Crippen LogP contribution in [0, 0.1) is 5.92 Å². The quantitative estimate of drug-likeness (QED) is 0.568. The number of aryl methyl sites for hydroxylation is 1. The lowest BCUT2D eigenvalue weighted by molar-refractivity contribution is -0.125. The van der Waals surface area contributed by atoms with Gasteiger partial charge < -0.3 is 5.32 Å². The fourth-order valence-corrected chi connectivity index (χ4v) is 7.04. The summed E-state index contributed by atoms with van der Waals surface area (Å²) in [5, 5.41) is 3.79. The third-order valence-electron chi connectivity index (χ3n) is 5.92. The Hall–Kier alpha value is -1.05. The number of carbonyl (C=O) groups excluding carboxylic acids is 1. The number of hydrogen-bond donors (Lipinski definition) is 1. The van der Waals surface area contributed by atoms with Crippen LogP contribution in [0.15, 0.2) is 30.3 Å². The van der Waals surface area contributed by atoms with Crippen molar-refractivity contribution in [2.45, 2.75) is 56.6 Å². The molecule has 0 unspecified atom stereocenters. The Morgan fingerprint density at radius 2 is 1.86 bits per heavy atom. The maximum absolute atomic E-state index is 12.7. The molecule has 1 aliphatic carbocycles. The Labute approximate surface area is 180 Å². The van der Waals surface area contributed by atoms with Crippen LogP contribution in [0.5, 0.6) is 0 Å². The molecule has 3 rings (SSSR count). The van der Waals surface area contributed by atoms with E-state index in [9.17, 15) is 13.2 Å². The molecule has 1 aliphatic heterocycles. The summed E-state index contributed by atoms with van der Waals surface area (Å²) in [6, 6.07) is 9.97. The summed E-state index contributed by atoms with van der Waals surface area (Å²) in [7, 11) is -3.31. The Bertz CT molecular complexity index is 734. The Kier molecular flexibility index (Phi) is 8.87. The second-order valence-corrected chi connectivity index (χ2v) is 11.7. The van der Waals surface area contributed by atoms with Crippen molar-refractivity contribution in [3.8, 4) is 0 Å². The molecule has 2 fully saturated rings. The minimum atomic E-state index is -3.31. The summed E-state index contributed by atoms with van der Waals surface area (Å²) in [5.74, 6) is 0.893. The normalized spacial score (nSPS) is 21.3. The topological polar surface area (TPSA) is 66.5 Å². The van der Waals surface area contributed by atoms with E-state index in [1.54, 1.807) is 4.31 Å². The van der Waals surface area contributed by atoms with Gasteiger partial charge in [0.2, 0.25) is 15.9 Å². The van der Waals surface area contributed by atoms with Crippen LogP contribution in [0.2, 0.25) is 0 Å².